The molecule has 6 heteroatoms. The van der Waals surface area contributed by atoms with Crippen molar-refractivity contribution in [2.75, 3.05) is 25.6 Å². The molecule has 0 unspecified atom stereocenters. The van der Waals surface area contributed by atoms with E-state index in [0.717, 1.165) is 40.5 Å². The third-order valence-electron chi connectivity index (χ3n) is 3.72. The van der Waals surface area contributed by atoms with Crippen molar-refractivity contribution < 1.29 is 9.15 Å². The van der Waals surface area contributed by atoms with E-state index >= 15 is 0 Å². The van der Waals surface area contributed by atoms with Gasteiger partial charge in [0, 0.05) is 30.5 Å². The van der Waals surface area contributed by atoms with Gasteiger partial charge in [0.15, 0.2) is 5.13 Å². The number of nitrogens with zero attached hydrogens (tertiary/aromatic N) is 1. The van der Waals surface area contributed by atoms with Crippen LogP contribution in [0.2, 0.25) is 0 Å². The fourth-order valence-corrected chi connectivity index (χ4v) is 3.46. The number of rotatable bonds is 7. The number of hydrogen-bond acceptors (Lipinski definition) is 6. The second-order valence-corrected chi connectivity index (χ2v) is 6.49. The molecule has 0 bridgehead atoms. The molecule has 3 aromatic rings. The summed E-state index contributed by atoms with van der Waals surface area (Å²) >= 11 is 1.58. The Labute approximate surface area is 144 Å². The second-order valence-electron chi connectivity index (χ2n) is 5.40. The average molecular weight is 344 g/mol. The maximum absolute atomic E-state index is 12.4. The number of anilines is 1. The van der Waals surface area contributed by atoms with E-state index in [-0.39, 0.29) is 5.63 Å². The van der Waals surface area contributed by atoms with Gasteiger partial charge in [-0.05, 0) is 25.0 Å². The van der Waals surface area contributed by atoms with E-state index in [2.05, 4.69) is 17.2 Å². The third-order valence-corrected chi connectivity index (χ3v) is 4.87. The SMILES string of the molecule is CCc1sc(NCCCOC)nc1-c1cc2ccccc2oc1=O. The number of ether oxygens (including phenoxy) is 1. The zero-order chi connectivity index (χ0) is 16.9. The number of hydrogen-bond donors (Lipinski definition) is 1. The van der Waals surface area contributed by atoms with E-state index in [1.165, 1.54) is 0 Å². The third kappa shape index (κ3) is 3.49. The highest BCUT2D eigenvalue weighted by Gasteiger charge is 2.16. The van der Waals surface area contributed by atoms with Gasteiger partial charge in [0.05, 0.1) is 11.3 Å². The second kappa shape index (κ2) is 7.59. The predicted molar refractivity (Wildman–Crippen MR) is 98.0 cm³/mol. The fourth-order valence-electron chi connectivity index (χ4n) is 2.52. The number of methoxy groups -OCH3 is 1. The van der Waals surface area contributed by atoms with Crippen LogP contribution in [0.4, 0.5) is 5.13 Å². The lowest BCUT2D eigenvalue weighted by molar-refractivity contribution is 0.198. The van der Waals surface area contributed by atoms with Gasteiger partial charge in [0.25, 0.3) is 0 Å². The van der Waals surface area contributed by atoms with Gasteiger partial charge in [0.1, 0.15) is 5.58 Å². The van der Waals surface area contributed by atoms with Crippen molar-refractivity contribution >= 4 is 27.4 Å². The van der Waals surface area contributed by atoms with Crippen LogP contribution in [0.15, 0.2) is 39.5 Å². The van der Waals surface area contributed by atoms with Crippen LogP contribution in [0.1, 0.15) is 18.2 Å². The Morgan fingerprint density at radius 3 is 2.96 bits per heavy atom. The minimum absolute atomic E-state index is 0.348. The van der Waals surface area contributed by atoms with Gasteiger partial charge >= 0.3 is 5.63 Å². The molecule has 2 heterocycles. The summed E-state index contributed by atoms with van der Waals surface area (Å²) in [6.45, 7) is 3.56. The number of para-hydroxylation sites is 1. The molecule has 0 aliphatic heterocycles. The zero-order valence-corrected chi connectivity index (χ0v) is 14.6. The topological polar surface area (TPSA) is 64.4 Å². The Balaban J connectivity index is 1.95. The summed E-state index contributed by atoms with van der Waals surface area (Å²) in [5.74, 6) is 0. The summed E-state index contributed by atoms with van der Waals surface area (Å²) in [6.07, 6.45) is 1.73. The largest absolute Gasteiger partial charge is 0.422 e. The molecule has 0 atom stereocenters. The van der Waals surface area contributed by atoms with E-state index in [9.17, 15) is 4.79 Å². The molecule has 0 aliphatic carbocycles. The smallest absolute Gasteiger partial charge is 0.345 e. The Hall–Kier alpha value is -2.18. The predicted octanol–water partition coefficient (Wildman–Crippen LogP) is 3.93. The molecule has 24 heavy (non-hydrogen) atoms. The molecular weight excluding hydrogens is 324 g/mol. The van der Waals surface area contributed by atoms with Crippen LogP contribution in [0.25, 0.3) is 22.2 Å². The molecule has 3 rings (SSSR count). The Bertz CT molecular complexity index is 885. The van der Waals surface area contributed by atoms with Crippen LogP contribution in [-0.4, -0.2) is 25.2 Å². The standard InChI is InChI=1S/C18H20N2O3S/c1-3-15-16(20-18(24-15)19-9-6-10-22-2)13-11-12-7-4-5-8-14(12)23-17(13)21/h4-5,7-8,11H,3,6,9-10H2,1-2H3,(H,19,20). The molecule has 1 N–H and O–H groups in total. The van der Waals surface area contributed by atoms with Crippen molar-refractivity contribution in [1.82, 2.24) is 4.98 Å². The van der Waals surface area contributed by atoms with Gasteiger partial charge in [-0.1, -0.05) is 25.1 Å². The number of benzene rings is 1. The number of nitrogens with one attached hydrogen (secondary N) is 1. The van der Waals surface area contributed by atoms with E-state index < -0.39 is 0 Å². The highest BCUT2D eigenvalue weighted by Crippen LogP contribution is 2.31. The highest BCUT2D eigenvalue weighted by atomic mass is 32.1. The highest BCUT2D eigenvalue weighted by molar-refractivity contribution is 7.16. The summed E-state index contributed by atoms with van der Waals surface area (Å²) in [5, 5.41) is 5.02. The van der Waals surface area contributed by atoms with Gasteiger partial charge < -0.3 is 14.5 Å². The van der Waals surface area contributed by atoms with Crippen LogP contribution < -0.4 is 10.9 Å². The first-order chi connectivity index (χ1) is 11.7. The summed E-state index contributed by atoms with van der Waals surface area (Å²) in [7, 11) is 1.69. The lowest BCUT2D eigenvalue weighted by atomic mass is 10.1. The average Bonchev–Trinajstić information content (AvgIpc) is 3.01. The molecule has 126 valence electrons. The Kier molecular flexibility index (Phi) is 5.27. The molecular formula is C18H20N2O3S. The van der Waals surface area contributed by atoms with E-state index in [0.29, 0.717) is 17.8 Å². The fraction of sp³-hybridized carbons (Fsp3) is 0.333. The number of aryl methyl sites for hydroxylation is 1. The van der Waals surface area contributed by atoms with Crippen LogP contribution in [0.3, 0.4) is 0 Å². The van der Waals surface area contributed by atoms with Crippen molar-refractivity contribution in [2.45, 2.75) is 19.8 Å². The van der Waals surface area contributed by atoms with Gasteiger partial charge in [-0.15, -0.1) is 11.3 Å². The first kappa shape index (κ1) is 16.7. The first-order valence-corrected chi connectivity index (χ1v) is 8.80. The summed E-state index contributed by atoms with van der Waals surface area (Å²) < 4.78 is 10.5. The van der Waals surface area contributed by atoms with Gasteiger partial charge in [-0.25, -0.2) is 9.78 Å². The molecule has 0 aliphatic rings. The van der Waals surface area contributed by atoms with E-state index in [1.54, 1.807) is 24.5 Å². The Morgan fingerprint density at radius 1 is 1.33 bits per heavy atom. The number of aromatic nitrogens is 1. The van der Waals surface area contributed by atoms with Crippen molar-refractivity contribution in [1.29, 1.82) is 0 Å². The van der Waals surface area contributed by atoms with Crippen molar-refractivity contribution in [3.63, 3.8) is 0 Å². The molecule has 2 aromatic heterocycles. The van der Waals surface area contributed by atoms with E-state index in [1.807, 2.05) is 24.3 Å². The zero-order valence-electron chi connectivity index (χ0n) is 13.8. The minimum Gasteiger partial charge on any atom is -0.422 e. The summed E-state index contributed by atoms with van der Waals surface area (Å²) in [5.41, 5.74) is 1.49. The van der Waals surface area contributed by atoms with Gasteiger partial charge in [-0.2, -0.15) is 0 Å². The van der Waals surface area contributed by atoms with E-state index in [4.69, 9.17) is 9.15 Å². The van der Waals surface area contributed by atoms with Crippen LogP contribution >= 0.6 is 11.3 Å². The molecule has 0 amide bonds. The number of fused-ring (bicyclic) bond motifs is 1. The molecule has 1 aromatic carbocycles. The summed E-state index contributed by atoms with van der Waals surface area (Å²) in [6, 6.07) is 9.38. The van der Waals surface area contributed by atoms with Crippen molar-refractivity contribution in [3.8, 4) is 11.3 Å². The maximum atomic E-state index is 12.4. The minimum atomic E-state index is -0.348. The van der Waals surface area contributed by atoms with Gasteiger partial charge in [-0.3, -0.25) is 0 Å². The first-order valence-electron chi connectivity index (χ1n) is 7.98. The molecule has 5 nitrogen and oxygen atoms in total. The number of thiazole rings is 1. The Morgan fingerprint density at radius 2 is 2.17 bits per heavy atom. The van der Waals surface area contributed by atoms with Crippen LogP contribution in [0, 0.1) is 0 Å². The molecule has 0 fully saturated rings. The monoisotopic (exact) mass is 344 g/mol. The van der Waals surface area contributed by atoms with Crippen molar-refractivity contribution in [3.05, 3.63) is 45.6 Å². The molecule has 0 spiro atoms. The quantitative estimate of drug-likeness (QED) is 0.520. The van der Waals surface area contributed by atoms with Gasteiger partial charge in [0.2, 0.25) is 0 Å². The molecule has 0 saturated heterocycles. The molecule has 0 saturated carbocycles. The lowest BCUT2D eigenvalue weighted by Crippen LogP contribution is -2.05. The maximum Gasteiger partial charge on any atom is 0.345 e. The normalized spacial score (nSPS) is 11.1. The van der Waals surface area contributed by atoms with Crippen LogP contribution in [-0.2, 0) is 11.2 Å². The lowest BCUT2D eigenvalue weighted by Gasteiger charge is -2.02. The van der Waals surface area contributed by atoms with Crippen molar-refractivity contribution in [2.24, 2.45) is 0 Å². The molecule has 0 radical (unpaired) electrons. The summed E-state index contributed by atoms with van der Waals surface area (Å²) in [4.78, 5) is 18.1. The van der Waals surface area contributed by atoms with Crippen LogP contribution in [0.5, 0.6) is 0 Å².